The predicted octanol–water partition coefficient (Wildman–Crippen LogP) is 5.22. The van der Waals surface area contributed by atoms with Crippen LogP contribution in [-0.4, -0.2) is 40.6 Å². The lowest BCUT2D eigenvalue weighted by molar-refractivity contribution is -0.118. The number of aromatic hydroxyl groups is 1. The third-order valence-corrected chi connectivity index (χ3v) is 5.62. The number of azo groups is 1. The van der Waals surface area contributed by atoms with E-state index >= 15 is 0 Å². The molecule has 1 aliphatic rings. The molecule has 35 heavy (non-hydrogen) atoms. The standard InChI is InChI=1S/C26H24N4O5/c1-4-35-24-22(25(32)30(29-24)19-12-11-15(2)16(3)13-19)28-27-21-10-6-9-20(23(21)31)17-7-5-8-18(14-17)26(33)34/h5-14,22,31H,4H2,1-3H3,(H,33,34). The molecule has 0 aliphatic carbocycles. The summed E-state index contributed by atoms with van der Waals surface area (Å²) >= 11 is 0. The number of aromatic carboxylic acids is 1. The van der Waals surface area contributed by atoms with Gasteiger partial charge in [-0.15, -0.1) is 5.10 Å². The average Bonchev–Trinajstić information content (AvgIpc) is 3.15. The van der Waals surface area contributed by atoms with Crippen molar-refractivity contribution in [3.63, 3.8) is 0 Å². The van der Waals surface area contributed by atoms with E-state index < -0.39 is 17.9 Å². The molecule has 3 aromatic rings. The van der Waals surface area contributed by atoms with Crippen LogP contribution in [0.5, 0.6) is 5.75 Å². The molecule has 0 radical (unpaired) electrons. The Hall–Kier alpha value is -4.53. The van der Waals surface area contributed by atoms with Crippen LogP contribution < -0.4 is 5.01 Å². The molecule has 1 aliphatic heterocycles. The lowest BCUT2D eigenvalue weighted by Crippen LogP contribution is -2.31. The summed E-state index contributed by atoms with van der Waals surface area (Å²) in [5.41, 5.74) is 3.81. The Morgan fingerprint density at radius 3 is 2.57 bits per heavy atom. The van der Waals surface area contributed by atoms with E-state index in [-0.39, 0.29) is 22.9 Å². The minimum Gasteiger partial charge on any atom is -0.505 e. The SMILES string of the molecule is CCOC1=NN(c2ccc(C)c(C)c2)C(=O)C1N=Nc1cccc(-c2cccc(C(=O)O)c2)c1O. The number of phenols is 1. The number of amides is 1. The molecule has 2 N–H and O–H groups in total. The van der Waals surface area contributed by atoms with Crippen molar-refractivity contribution in [1.82, 2.24) is 0 Å². The Balaban J connectivity index is 1.65. The normalized spacial score (nSPS) is 15.5. The number of hydrogen-bond acceptors (Lipinski definition) is 7. The number of anilines is 1. The number of carboxylic acid groups (broad SMARTS) is 1. The minimum atomic E-state index is -1.10. The number of carbonyl (C=O) groups excluding carboxylic acids is 1. The van der Waals surface area contributed by atoms with Gasteiger partial charge >= 0.3 is 5.97 Å². The molecule has 0 fully saturated rings. The van der Waals surface area contributed by atoms with Crippen molar-refractivity contribution in [3.8, 4) is 16.9 Å². The van der Waals surface area contributed by atoms with Gasteiger partial charge in [0, 0.05) is 5.56 Å². The lowest BCUT2D eigenvalue weighted by Gasteiger charge is -2.13. The van der Waals surface area contributed by atoms with Crippen LogP contribution in [0, 0.1) is 13.8 Å². The number of ether oxygens (including phenoxy) is 1. The third-order valence-electron chi connectivity index (χ3n) is 5.62. The summed E-state index contributed by atoms with van der Waals surface area (Å²) in [4.78, 5) is 24.5. The summed E-state index contributed by atoms with van der Waals surface area (Å²) in [5.74, 6) is -1.57. The van der Waals surface area contributed by atoms with Gasteiger partial charge in [-0.25, -0.2) is 4.79 Å². The molecule has 9 nitrogen and oxygen atoms in total. The van der Waals surface area contributed by atoms with Crippen LogP contribution in [0.15, 0.2) is 76.0 Å². The lowest BCUT2D eigenvalue weighted by atomic mass is 10.0. The highest BCUT2D eigenvalue weighted by molar-refractivity contribution is 6.16. The maximum absolute atomic E-state index is 13.1. The van der Waals surface area contributed by atoms with E-state index in [0.717, 1.165) is 11.1 Å². The monoisotopic (exact) mass is 472 g/mol. The van der Waals surface area contributed by atoms with Gasteiger partial charge in [0.05, 0.1) is 17.9 Å². The smallest absolute Gasteiger partial charge is 0.335 e. The molecule has 0 aromatic heterocycles. The van der Waals surface area contributed by atoms with E-state index in [9.17, 15) is 19.8 Å². The van der Waals surface area contributed by atoms with Crippen LogP contribution in [0.1, 0.15) is 28.4 Å². The number of rotatable bonds is 6. The molecule has 1 amide bonds. The number of hydrogen-bond donors (Lipinski definition) is 2. The number of phenolic OH excluding ortho intramolecular Hbond substituents is 1. The number of para-hydroxylation sites is 1. The molecule has 0 saturated heterocycles. The van der Waals surface area contributed by atoms with Crippen LogP contribution in [-0.2, 0) is 9.53 Å². The molecule has 4 rings (SSSR count). The fourth-order valence-electron chi connectivity index (χ4n) is 3.61. The molecule has 0 spiro atoms. The molecular formula is C26H24N4O5. The van der Waals surface area contributed by atoms with Crippen LogP contribution in [0.2, 0.25) is 0 Å². The predicted molar refractivity (Wildman–Crippen MR) is 131 cm³/mol. The summed E-state index contributed by atoms with van der Waals surface area (Å²) in [6.07, 6.45) is 0. The number of hydrazone groups is 1. The number of nitrogens with zero attached hydrogens (tertiary/aromatic N) is 4. The van der Waals surface area contributed by atoms with Crippen molar-refractivity contribution in [2.24, 2.45) is 15.3 Å². The second kappa shape index (κ2) is 9.76. The Morgan fingerprint density at radius 2 is 1.86 bits per heavy atom. The van der Waals surface area contributed by atoms with Gasteiger partial charge < -0.3 is 14.9 Å². The summed E-state index contributed by atoms with van der Waals surface area (Å²) in [5, 5.41) is 33.9. The first-order valence-electron chi connectivity index (χ1n) is 11.0. The zero-order valence-electron chi connectivity index (χ0n) is 19.5. The topological polar surface area (TPSA) is 124 Å². The van der Waals surface area contributed by atoms with E-state index in [1.54, 1.807) is 43.3 Å². The fourth-order valence-corrected chi connectivity index (χ4v) is 3.61. The van der Waals surface area contributed by atoms with E-state index in [0.29, 0.717) is 23.4 Å². The Bertz CT molecular complexity index is 1370. The van der Waals surface area contributed by atoms with Gasteiger partial charge in [0.15, 0.2) is 5.75 Å². The van der Waals surface area contributed by atoms with E-state index in [2.05, 4.69) is 15.3 Å². The molecule has 0 bridgehead atoms. The second-order valence-corrected chi connectivity index (χ2v) is 7.97. The first kappa shape index (κ1) is 23.6. The third kappa shape index (κ3) is 4.74. The van der Waals surface area contributed by atoms with Crippen molar-refractivity contribution in [2.45, 2.75) is 26.8 Å². The maximum Gasteiger partial charge on any atom is 0.335 e. The van der Waals surface area contributed by atoms with Crippen LogP contribution in [0.25, 0.3) is 11.1 Å². The number of carboxylic acids is 1. The van der Waals surface area contributed by atoms with Crippen molar-refractivity contribution in [3.05, 3.63) is 77.4 Å². The summed E-state index contributed by atoms with van der Waals surface area (Å²) in [6, 6.07) is 15.5. The molecule has 178 valence electrons. The van der Waals surface area contributed by atoms with Gasteiger partial charge in [-0.1, -0.05) is 30.3 Å². The van der Waals surface area contributed by atoms with Crippen molar-refractivity contribution in [2.75, 3.05) is 11.6 Å². The van der Waals surface area contributed by atoms with Gasteiger partial charge in [0.1, 0.15) is 5.69 Å². The quantitative estimate of drug-likeness (QED) is 0.476. The number of carbonyl (C=O) groups is 2. The largest absolute Gasteiger partial charge is 0.505 e. The molecular weight excluding hydrogens is 448 g/mol. The second-order valence-electron chi connectivity index (χ2n) is 7.97. The molecule has 1 heterocycles. The molecule has 0 saturated carbocycles. The van der Waals surface area contributed by atoms with Crippen LogP contribution in [0.4, 0.5) is 11.4 Å². The van der Waals surface area contributed by atoms with Gasteiger partial charge in [-0.2, -0.15) is 15.2 Å². The zero-order valence-corrected chi connectivity index (χ0v) is 19.5. The van der Waals surface area contributed by atoms with Crippen molar-refractivity contribution in [1.29, 1.82) is 0 Å². The fraction of sp³-hybridized carbons (Fsp3) is 0.192. The van der Waals surface area contributed by atoms with Gasteiger partial charge in [-0.05, 0) is 67.8 Å². The highest BCUT2D eigenvalue weighted by atomic mass is 16.5. The van der Waals surface area contributed by atoms with E-state index in [1.807, 2.05) is 26.0 Å². The zero-order chi connectivity index (χ0) is 25.1. The van der Waals surface area contributed by atoms with E-state index in [4.69, 9.17) is 4.74 Å². The maximum atomic E-state index is 13.1. The Kier molecular flexibility index (Phi) is 6.59. The van der Waals surface area contributed by atoms with Gasteiger partial charge in [0.25, 0.3) is 5.91 Å². The average molecular weight is 473 g/mol. The van der Waals surface area contributed by atoms with Crippen molar-refractivity contribution >= 4 is 29.1 Å². The van der Waals surface area contributed by atoms with Crippen LogP contribution >= 0.6 is 0 Å². The highest BCUT2D eigenvalue weighted by Gasteiger charge is 2.39. The Labute approximate surface area is 202 Å². The molecule has 3 aromatic carbocycles. The summed E-state index contributed by atoms with van der Waals surface area (Å²) in [6.45, 7) is 6.00. The molecule has 1 atom stereocenters. The van der Waals surface area contributed by atoms with E-state index in [1.165, 1.54) is 17.1 Å². The minimum absolute atomic E-state index is 0.0921. The van der Waals surface area contributed by atoms with Gasteiger partial charge in [0.2, 0.25) is 11.9 Å². The summed E-state index contributed by atoms with van der Waals surface area (Å²) < 4.78 is 5.55. The molecule has 9 heteroatoms. The highest BCUT2D eigenvalue weighted by Crippen LogP contribution is 2.38. The number of benzene rings is 3. The Morgan fingerprint density at radius 1 is 1.09 bits per heavy atom. The summed E-state index contributed by atoms with van der Waals surface area (Å²) in [7, 11) is 0. The first-order chi connectivity index (χ1) is 16.8. The van der Waals surface area contributed by atoms with Gasteiger partial charge in [-0.3, -0.25) is 4.79 Å². The van der Waals surface area contributed by atoms with Crippen LogP contribution in [0.3, 0.4) is 0 Å². The molecule has 1 unspecified atom stereocenters. The number of aryl methyl sites for hydroxylation is 2. The van der Waals surface area contributed by atoms with Crippen molar-refractivity contribution < 1.29 is 24.5 Å². The first-order valence-corrected chi connectivity index (χ1v) is 11.0.